The number of hydrogen-bond donors (Lipinski definition) is 3. The monoisotopic (exact) mass is 463 g/mol. The number of hydrazone groups is 1. The van der Waals surface area contributed by atoms with Gasteiger partial charge in [-0.05, 0) is 51.5 Å². The Bertz CT molecular complexity index is 979. The van der Waals surface area contributed by atoms with Crippen molar-refractivity contribution >= 4 is 17.6 Å². The lowest BCUT2D eigenvalue weighted by Crippen LogP contribution is -2.23. The predicted octanol–water partition coefficient (Wildman–Crippen LogP) is 5.93. The second-order valence-electron chi connectivity index (χ2n) is 8.68. The summed E-state index contributed by atoms with van der Waals surface area (Å²) in [6.45, 7) is 17.6. The van der Waals surface area contributed by atoms with E-state index in [9.17, 15) is 0 Å². The molecule has 1 aromatic carbocycles. The quantitative estimate of drug-likeness (QED) is 0.418. The van der Waals surface area contributed by atoms with Crippen LogP contribution >= 0.6 is 0 Å². The van der Waals surface area contributed by atoms with E-state index in [1.807, 2.05) is 13.0 Å². The molecule has 1 unspecified atom stereocenters. The molecule has 0 amide bonds. The third-order valence-electron chi connectivity index (χ3n) is 5.38. The van der Waals surface area contributed by atoms with E-state index < -0.39 is 0 Å². The van der Waals surface area contributed by atoms with Gasteiger partial charge in [0.1, 0.15) is 6.10 Å². The molecule has 0 bridgehead atoms. The summed E-state index contributed by atoms with van der Waals surface area (Å²) in [7, 11) is 1.76. The number of nitrogens with one attached hydrogen (secondary N) is 3. The molecule has 2 aliphatic rings. The first kappa shape index (κ1) is 27.0. The van der Waals surface area contributed by atoms with Crippen LogP contribution in [0.25, 0.3) is 0 Å². The lowest BCUT2D eigenvalue weighted by Gasteiger charge is -2.16. The van der Waals surface area contributed by atoms with Crippen molar-refractivity contribution in [3.8, 4) is 0 Å². The van der Waals surface area contributed by atoms with Crippen LogP contribution in [-0.2, 0) is 4.74 Å². The van der Waals surface area contributed by atoms with Gasteiger partial charge in [-0.1, -0.05) is 51.5 Å². The normalized spacial score (nSPS) is 18.7. The van der Waals surface area contributed by atoms with Crippen LogP contribution in [0.15, 0.2) is 81.4 Å². The molecule has 0 fully saturated rings. The van der Waals surface area contributed by atoms with Crippen LogP contribution in [0.3, 0.4) is 0 Å². The van der Waals surface area contributed by atoms with E-state index >= 15 is 0 Å². The number of unbranched alkanes of at least 4 members (excludes halogenated alkanes) is 1. The maximum absolute atomic E-state index is 6.14. The van der Waals surface area contributed by atoms with Gasteiger partial charge in [-0.2, -0.15) is 5.10 Å². The molecule has 6 heteroatoms. The number of benzene rings is 1. The molecule has 184 valence electrons. The minimum atomic E-state index is -0.0964. The Labute approximate surface area is 205 Å². The molecule has 1 aromatic rings. The lowest BCUT2D eigenvalue weighted by molar-refractivity contribution is 0.186. The number of anilines is 1. The predicted molar refractivity (Wildman–Crippen MR) is 146 cm³/mol. The minimum absolute atomic E-state index is 0.0964. The molecule has 34 heavy (non-hydrogen) atoms. The second-order valence-corrected chi connectivity index (χ2v) is 8.68. The standard InChI is InChI=1S/C24H31N5O.C4H10/c1-15(2)27-17(4)24-23(21(12-13-25-6)18(5)30-24)28-20-9-7-19(8-10-20)22-16(3)11-14-26-29-22;1-3-4-2/h7-13,15,18,26-28H,4,14H2,1-3,5-6H3;3-4H2,1-2H3/b21-12+,25-13?;. The van der Waals surface area contributed by atoms with E-state index in [2.05, 4.69) is 97.7 Å². The lowest BCUT2D eigenvalue weighted by atomic mass is 10.0. The highest BCUT2D eigenvalue weighted by atomic mass is 16.5. The first-order chi connectivity index (χ1) is 16.3. The van der Waals surface area contributed by atoms with Crippen LogP contribution in [0.4, 0.5) is 5.69 Å². The molecule has 0 aliphatic carbocycles. The van der Waals surface area contributed by atoms with Crippen LogP contribution in [0.2, 0.25) is 0 Å². The highest BCUT2D eigenvalue weighted by Gasteiger charge is 2.30. The van der Waals surface area contributed by atoms with Gasteiger partial charge in [0.15, 0.2) is 5.76 Å². The maximum atomic E-state index is 6.14. The molecule has 2 aliphatic heterocycles. The van der Waals surface area contributed by atoms with Crippen molar-refractivity contribution < 1.29 is 4.74 Å². The highest BCUT2D eigenvalue weighted by molar-refractivity contribution is 6.12. The van der Waals surface area contributed by atoms with Gasteiger partial charge in [0.25, 0.3) is 0 Å². The number of rotatable bonds is 8. The van der Waals surface area contributed by atoms with Crippen LogP contribution < -0.4 is 16.1 Å². The molecule has 0 spiro atoms. The van der Waals surface area contributed by atoms with Crippen molar-refractivity contribution in [2.45, 2.75) is 66.5 Å². The minimum Gasteiger partial charge on any atom is -0.482 e. The van der Waals surface area contributed by atoms with Crippen LogP contribution in [0.5, 0.6) is 0 Å². The average molecular weight is 464 g/mol. The summed E-state index contributed by atoms with van der Waals surface area (Å²) < 4.78 is 6.14. The van der Waals surface area contributed by atoms with Crippen molar-refractivity contribution in [1.29, 1.82) is 0 Å². The number of allylic oxidation sites excluding steroid dienone is 2. The maximum Gasteiger partial charge on any atom is 0.166 e. The van der Waals surface area contributed by atoms with E-state index in [4.69, 9.17) is 4.74 Å². The van der Waals surface area contributed by atoms with Crippen molar-refractivity contribution in [1.82, 2.24) is 10.7 Å². The van der Waals surface area contributed by atoms with Crippen LogP contribution in [-0.4, -0.2) is 37.7 Å². The smallest absolute Gasteiger partial charge is 0.166 e. The number of hydrogen-bond acceptors (Lipinski definition) is 6. The number of aliphatic imine (C=N–C) groups is 1. The Balaban J connectivity index is 0.000000945. The molecular formula is C28H41N5O. The third-order valence-corrected chi connectivity index (χ3v) is 5.38. The summed E-state index contributed by atoms with van der Waals surface area (Å²) in [6.07, 6.45) is 8.45. The summed E-state index contributed by atoms with van der Waals surface area (Å²) in [5, 5.41) is 11.3. The summed E-state index contributed by atoms with van der Waals surface area (Å²) in [5.74, 6) is 0.732. The Kier molecular flexibility index (Phi) is 10.7. The molecule has 3 N–H and O–H groups in total. The zero-order valence-electron chi connectivity index (χ0n) is 21.8. The summed E-state index contributed by atoms with van der Waals surface area (Å²) >= 11 is 0. The van der Waals surface area contributed by atoms with Crippen LogP contribution in [0, 0.1) is 0 Å². The first-order valence-corrected chi connectivity index (χ1v) is 12.2. The SMILES string of the molecule is C=C(NC(C)C)C1=C(Nc2ccc(C3=NNCC=C3C)cc2)/C(=C/C=NC)C(C)O1.CCCC. The fraction of sp³-hybridized carbons (Fsp3) is 0.429. The molecule has 0 radical (unpaired) electrons. The summed E-state index contributed by atoms with van der Waals surface area (Å²) in [6, 6.07) is 8.51. The first-order valence-electron chi connectivity index (χ1n) is 12.2. The average Bonchev–Trinajstić information content (AvgIpc) is 3.13. The Morgan fingerprint density at radius 1 is 1.26 bits per heavy atom. The van der Waals surface area contributed by atoms with Gasteiger partial charge in [-0.25, -0.2) is 0 Å². The fourth-order valence-electron chi connectivity index (χ4n) is 3.43. The molecule has 3 rings (SSSR count). The van der Waals surface area contributed by atoms with Crippen molar-refractivity contribution in [2.75, 3.05) is 18.9 Å². The number of ether oxygens (including phenoxy) is 1. The van der Waals surface area contributed by atoms with E-state index in [0.717, 1.165) is 46.2 Å². The largest absolute Gasteiger partial charge is 0.482 e. The zero-order chi connectivity index (χ0) is 25.1. The van der Waals surface area contributed by atoms with E-state index in [1.54, 1.807) is 13.3 Å². The van der Waals surface area contributed by atoms with E-state index in [-0.39, 0.29) is 12.1 Å². The molecular weight excluding hydrogens is 422 g/mol. The van der Waals surface area contributed by atoms with Gasteiger partial charge in [0.05, 0.1) is 23.7 Å². The third kappa shape index (κ3) is 7.37. The summed E-state index contributed by atoms with van der Waals surface area (Å²) in [5.41, 5.74) is 9.92. The van der Waals surface area contributed by atoms with E-state index in [0.29, 0.717) is 0 Å². The topological polar surface area (TPSA) is 70.0 Å². The molecule has 1 atom stereocenters. The van der Waals surface area contributed by atoms with Crippen LogP contribution in [0.1, 0.15) is 59.9 Å². The molecule has 6 nitrogen and oxygen atoms in total. The molecule has 0 aromatic heterocycles. The Hall–Kier alpha value is -3.28. The van der Waals surface area contributed by atoms with Gasteiger partial charge in [-0.15, -0.1) is 0 Å². The van der Waals surface area contributed by atoms with Crippen molar-refractivity contribution in [2.24, 2.45) is 10.1 Å². The fourth-order valence-corrected chi connectivity index (χ4v) is 3.43. The summed E-state index contributed by atoms with van der Waals surface area (Å²) in [4.78, 5) is 4.09. The van der Waals surface area contributed by atoms with Gasteiger partial charge < -0.3 is 20.8 Å². The molecule has 0 saturated heterocycles. The van der Waals surface area contributed by atoms with Gasteiger partial charge in [0.2, 0.25) is 0 Å². The Morgan fingerprint density at radius 3 is 2.50 bits per heavy atom. The van der Waals surface area contributed by atoms with Crippen molar-refractivity contribution in [3.05, 3.63) is 76.9 Å². The highest BCUT2D eigenvalue weighted by Crippen LogP contribution is 2.34. The van der Waals surface area contributed by atoms with Gasteiger partial charge in [-0.3, -0.25) is 4.99 Å². The van der Waals surface area contributed by atoms with Gasteiger partial charge in [0, 0.05) is 36.1 Å². The van der Waals surface area contributed by atoms with Crippen molar-refractivity contribution in [3.63, 3.8) is 0 Å². The Morgan fingerprint density at radius 2 is 1.94 bits per heavy atom. The van der Waals surface area contributed by atoms with Gasteiger partial charge >= 0.3 is 0 Å². The zero-order valence-corrected chi connectivity index (χ0v) is 21.8. The molecule has 0 saturated carbocycles. The second kappa shape index (κ2) is 13.4. The number of nitrogens with zero attached hydrogens (tertiary/aromatic N) is 2. The molecule has 2 heterocycles. The van der Waals surface area contributed by atoms with E-state index in [1.165, 1.54) is 18.4 Å².